The van der Waals surface area contributed by atoms with Gasteiger partial charge in [0.2, 0.25) is 0 Å². The van der Waals surface area contributed by atoms with Crippen LogP contribution in [0.15, 0.2) is 41.5 Å². The molecule has 2 aromatic carbocycles. The van der Waals surface area contributed by atoms with E-state index in [0.29, 0.717) is 26.2 Å². The Balaban J connectivity index is 1.67. The lowest BCUT2D eigenvalue weighted by atomic mass is 10.1. The summed E-state index contributed by atoms with van der Waals surface area (Å²) in [4.78, 5) is 3.93. The standard InChI is InChI=1S/C20H22F3N5S/c21-16-4-2-14(3-5-16)13-27-6-1-7-28(9-8-27)19-17(22)10-15(11-18(19)23)12-25-26-20(24)29/h2-5,10-12H,1,6-9,13H2,(H3,24,26,29)/b25-12+. The van der Waals surface area contributed by atoms with Crippen molar-refractivity contribution in [3.8, 4) is 0 Å². The van der Waals surface area contributed by atoms with Gasteiger partial charge in [-0.2, -0.15) is 5.10 Å². The largest absolute Gasteiger partial charge is 0.375 e. The van der Waals surface area contributed by atoms with Crippen LogP contribution in [-0.2, 0) is 6.54 Å². The summed E-state index contributed by atoms with van der Waals surface area (Å²) in [5, 5.41) is 3.68. The molecule has 2 aromatic rings. The van der Waals surface area contributed by atoms with Gasteiger partial charge < -0.3 is 10.6 Å². The number of hydrazone groups is 1. The Hall–Kier alpha value is -2.65. The first-order valence-corrected chi connectivity index (χ1v) is 9.62. The minimum atomic E-state index is -0.645. The lowest BCUT2D eigenvalue weighted by Gasteiger charge is -2.24. The van der Waals surface area contributed by atoms with Crippen molar-refractivity contribution < 1.29 is 13.2 Å². The van der Waals surface area contributed by atoms with Gasteiger partial charge in [0.1, 0.15) is 23.1 Å². The number of nitrogens with two attached hydrogens (primary N) is 1. The normalized spacial score (nSPS) is 15.5. The Morgan fingerprint density at radius 1 is 1.07 bits per heavy atom. The van der Waals surface area contributed by atoms with Crippen LogP contribution in [0.4, 0.5) is 18.9 Å². The predicted molar refractivity (Wildman–Crippen MR) is 112 cm³/mol. The Morgan fingerprint density at radius 2 is 1.76 bits per heavy atom. The average Bonchev–Trinajstić information content (AvgIpc) is 2.88. The van der Waals surface area contributed by atoms with E-state index in [1.165, 1.54) is 30.5 Å². The van der Waals surface area contributed by atoms with E-state index in [1.54, 1.807) is 17.0 Å². The Morgan fingerprint density at radius 3 is 2.41 bits per heavy atom. The van der Waals surface area contributed by atoms with Crippen LogP contribution in [0.3, 0.4) is 0 Å². The molecule has 1 fully saturated rings. The number of benzene rings is 2. The minimum absolute atomic E-state index is 0.0337. The quantitative estimate of drug-likeness (QED) is 0.442. The van der Waals surface area contributed by atoms with Crippen LogP contribution in [0.2, 0.25) is 0 Å². The molecule has 1 aliphatic heterocycles. The monoisotopic (exact) mass is 421 g/mol. The average molecular weight is 421 g/mol. The van der Waals surface area contributed by atoms with Crippen molar-refractivity contribution >= 4 is 29.2 Å². The third kappa shape index (κ3) is 5.91. The van der Waals surface area contributed by atoms with E-state index >= 15 is 0 Å². The fraction of sp³-hybridized carbons (Fsp3) is 0.300. The van der Waals surface area contributed by atoms with Gasteiger partial charge in [0.25, 0.3) is 0 Å². The van der Waals surface area contributed by atoms with Crippen molar-refractivity contribution in [1.82, 2.24) is 10.3 Å². The smallest absolute Gasteiger partial charge is 0.184 e. The summed E-state index contributed by atoms with van der Waals surface area (Å²) >= 11 is 4.62. The second-order valence-corrected chi connectivity index (χ2v) is 7.25. The third-order valence-corrected chi connectivity index (χ3v) is 4.74. The van der Waals surface area contributed by atoms with Crippen LogP contribution in [-0.4, -0.2) is 42.4 Å². The van der Waals surface area contributed by atoms with Crippen molar-refractivity contribution in [1.29, 1.82) is 0 Å². The molecule has 3 N–H and O–H groups in total. The van der Waals surface area contributed by atoms with E-state index in [2.05, 4.69) is 27.6 Å². The summed E-state index contributed by atoms with van der Waals surface area (Å²) in [7, 11) is 0. The number of halogens is 3. The fourth-order valence-electron chi connectivity index (χ4n) is 3.33. The van der Waals surface area contributed by atoms with Gasteiger partial charge in [-0.3, -0.25) is 10.3 Å². The summed E-state index contributed by atoms with van der Waals surface area (Å²) < 4.78 is 42.3. The maximum absolute atomic E-state index is 14.6. The molecule has 0 radical (unpaired) electrons. The van der Waals surface area contributed by atoms with E-state index in [4.69, 9.17) is 5.73 Å². The molecule has 1 saturated heterocycles. The van der Waals surface area contributed by atoms with Crippen LogP contribution < -0.4 is 16.1 Å². The molecule has 0 amide bonds. The van der Waals surface area contributed by atoms with E-state index < -0.39 is 11.6 Å². The SMILES string of the molecule is NC(=S)N/N=C/c1cc(F)c(N2CCCN(Cc3ccc(F)cc3)CC2)c(F)c1. The molecule has 29 heavy (non-hydrogen) atoms. The molecular formula is C20H22F3N5S. The van der Waals surface area contributed by atoms with Gasteiger partial charge in [-0.05, 0) is 48.5 Å². The minimum Gasteiger partial charge on any atom is -0.375 e. The number of hydrogen-bond acceptors (Lipinski definition) is 4. The molecule has 0 unspecified atom stereocenters. The van der Waals surface area contributed by atoms with Crippen molar-refractivity contribution in [3.63, 3.8) is 0 Å². The van der Waals surface area contributed by atoms with Crippen LogP contribution in [0.1, 0.15) is 17.5 Å². The zero-order valence-corrected chi connectivity index (χ0v) is 16.6. The van der Waals surface area contributed by atoms with Crippen molar-refractivity contribution in [2.24, 2.45) is 10.8 Å². The van der Waals surface area contributed by atoms with Gasteiger partial charge in [0.05, 0.1) is 6.21 Å². The molecule has 0 atom stereocenters. The molecular weight excluding hydrogens is 399 g/mol. The zero-order valence-electron chi connectivity index (χ0n) is 15.7. The first-order chi connectivity index (χ1) is 13.9. The highest BCUT2D eigenvalue weighted by Gasteiger charge is 2.21. The number of hydrogen-bond donors (Lipinski definition) is 2. The Bertz CT molecular complexity index is 865. The zero-order chi connectivity index (χ0) is 20.8. The molecule has 0 aromatic heterocycles. The maximum Gasteiger partial charge on any atom is 0.184 e. The van der Waals surface area contributed by atoms with Gasteiger partial charge in [-0.1, -0.05) is 12.1 Å². The predicted octanol–water partition coefficient (Wildman–Crippen LogP) is 2.98. The lowest BCUT2D eigenvalue weighted by Crippen LogP contribution is -2.31. The third-order valence-electron chi connectivity index (χ3n) is 4.65. The van der Waals surface area contributed by atoms with E-state index in [9.17, 15) is 13.2 Å². The number of anilines is 1. The van der Waals surface area contributed by atoms with Gasteiger partial charge in [0.15, 0.2) is 5.11 Å². The highest BCUT2D eigenvalue weighted by atomic mass is 32.1. The number of nitrogens with zero attached hydrogens (tertiary/aromatic N) is 3. The molecule has 5 nitrogen and oxygen atoms in total. The number of nitrogens with one attached hydrogen (secondary N) is 1. The van der Waals surface area contributed by atoms with Gasteiger partial charge in [0, 0.05) is 38.3 Å². The van der Waals surface area contributed by atoms with Gasteiger partial charge >= 0.3 is 0 Å². The molecule has 0 bridgehead atoms. The Kier molecular flexibility index (Phi) is 7.05. The topological polar surface area (TPSA) is 56.9 Å². The molecule has 154 valence electrons. The van der Waals surface area contributed by atoms with Gasteiger partial charge in [-0.15, -0.1) is 0 Å². The number of thiocarbonyl (C=S) groups is 1. The summed E-state index contributed by atoms with van der Waals surface area (Å²) in [6, 6.07) is 8.83. The molecule has 0 spiro atoms. The lowest BCUT2D eigenvalue weighted by molar-refractivity contribution is 0.285. The second-order valence-electron chi connectivity index (χ2n) is 6.81. The fourth-order valence-corrected chi connectivity index (χ4v) is 3.39. The number of rotatable bonds is 5. The summed E-state index contributed by atoms with van der Waals surface area (Å²) in [6.45, 7) is 3.16. The molecule has 1 aliphatic rings. The highest BCUT2D eigenvalue weighted by molar-refractivity contribution is 7.80. The van der Waals surface area contributed by atoms with Crippen LogP contribution in [0.5, 0.6) is 0 Å². The first kappa shape index (κ1) is 21.1. The van der Waals surface area contributed by atoms with Crippen molar-refractivity contribution in [3.05, 3.63) is 65.0 Å². The van der Waals surface area contributed by atoms with Crippen molar-refractivity contribution in [2.45, 2.75) is 13.0 Å². The maximum atomic E-state index is 14.6. The summed E-state index contributed by atoms with van der Waals surface area (Å²) in [5.74, 6) is -1.56. The van der Waals surface area contributed by atoms with Crippen LogP contribution in [0, 0.1) is 17.5 Å². The van der Waals surface area contributed by atoms with Crippen molar-refractivity contribution in [2.75, 3.05) is 31.1 Å². The molecule has 1 heterocycles. The first-order valence-electron chi connectivity index (χ1n) is 9.21. The van der Waals surface area contributed by atoms with Crippen LogP contribution >= 0.6 is 12.2 Å². The van der Waals surface area contributed by atoms with Gasteiger partial charge in [-0.25, -0.2) is 13.2 Å². The van der Waals surface area contributed by atoms with Crippen LogP contribution in [0.25, 0.3) is 0 Å². The van der Waals surface area contributed by atoms with E-state index in [1.807, 2.05) is 0 Å². The molecule has 3 rings (SSSR count). The summed E-state index contributed by atoms with van der Waals surface area (Å²) in [5.41, 5.74) is 8.83. The molecule has 9 heteroatoms. The second kappa shape index (κ2) is 9.71. The highest BCUT2D eigenvalue weighted by Crippen LogP contribution is 2.26. The molecule has 0 saturated carbocycles. The van der Waals surface area contributed by atoms with E-state index in [0.717, 1.165) is 18.5 Å². The summed E-state index contributed by atoms with van der Waals surface area (Å²) in [6.07, 6.45) is 2.02. The van der Waals surface area contributed by atoms with E-state index in [-0.39, 0.29) is 22.2 Å². The molecule has 0 aliphatic carbocycles. The Labute approximate surface area is 173 Å².